The predicted octanol–water partition coefficient (Wildman–Crippen LogP) is 3.32. The molecule has 26 heavy (non-hydrogen) atoms. The first-order valence-corrected chi connectivity index (χ1v) is 10.00. The molecule has 0 radical (unpaired) electrons. The third-order valence-electron chi connectivity index (χ3n) is 4.87. The quantitative estimate of drug-likeness (QED) is 0.874. The Kier molecular flexibility index (Phi) is 5.17. The lowest BCUT2D eigenvalue weighted by molar-refractivity contribution is 0.118. The second kappa shape index (κ2) is 7.72. The van der Waals surface area contributed by atoms with Gasteiger partial charge in [-0.1, -0.05) is 11.8 Å². The summed E-state index contributed by atoms with van der Waals surface area (Å²) in [5.74, 6) is 1.78. The maximum Gasteiger partial charge on any atom is 0.177 e. The Morgan fingerprint density at radius 1 is 1.42 bits per heavy atom. The van der Waals surface area contributed by atoms with Crippen molar-refractivity contribution in [2.24, 2.45) is 10.1 Å². The van der Waals surface area contributed by atoms with E-state index >= 15 is 0 Å². The summed E-state index contributed by atoms with van der Waals surface area (Å²) in [7, 11) is 0. The Morgan fingerprint density at radius 2 is 2.35 bits per heavy atom. The highest BCUT2D eigenvalue weighted by atomic mass is 32.2. The van der Waals surface area contributed by atoms with Crippen LogP contribution in [0.1, 0.15) is 35.6 Å². The van der Waals surface area contributed by atoms with Crippen molar-refractivity contribution in [2.75, 3.05) is 18.9 Å². The van der Waals surface area contributed by atoms with Crippen LogP contribution >= 0.6 is 11.8 Å². The zero-order valence-corrected chi connectivity index (χ0v) is 16.0. The van der Waals surface area contributed by atoms with E-state index in [1.165, 1.54) is 17.0 Å². The molecule has 0 amide bonds. The second-order valence-corrected chi connectivity index (χ2v) is 7.65. The average Bonchev–Trinajstić information content (AvgIpc) is 3.40. The second-order valence-electron chi connectivity index (χ2n) is 6.69. The van der Waals surface area contributed by atoms with Gasteiger partial charge in [-0.25, -0.2) is 0 Å². The van der Waals surface area contributed by atoms with Crippen LogP contribution in [0, 0.1) is 13.8 Å². The molecule has 1 N–H and O–H groups in total. The summed E-state index contributed by atoms with van der Waals surface area (Å²) in [6, 6.07) is 6.13. The Hall–Kier alpha value is -1.99. The summed E-state index contributed by atoms with van der Waals surface area (Å²) >= 11 is 1.70. The van der Waals surface area contributed by atoms with Gasteiger partial charge >= 0.3 is 0 Å². The Labute approximate surface area is 157 Å². The molecule has 2 aromatic heterocycles. The normalized spacial score (nSPS) is 21.8. The van der Waals surface area contributed by atoms with Gasteiger partial charge in [-0.3, -0.25) is 10.4 Å². The molecular weight excluding hydrogens is 348 g/mol. The number of aromatic nitrogens is 1. The molecule has 0 bridgehead atoms. The van der Waals surface area contributed by atoms with Gasteiger partial charge in [0.2, 0.25) is 0 Å². The predicted molar refractivity (Wildman–Crippen MR) is 105 cm³/mol. The standard InChI is InChI=1S/C19H24N4O2S/c1-13-9-17(14(2)23(13)11-16-6-4-8-25-16)18-12-26-19(22-21-18)20-10-15-5-3-7-24-15/h4,6,8-9,15H,3,5,7,10-12H2,1-2H3,(H,20,22)/t15-/m1/s1. The van der Waals surface area contributed by atoms with Crippen molar-refractivity contribution in [2.45, 2.75) is 39.3 Å². The minimum absolute atomic E-state index is 0.274. The first-order valence-electron chi connectivity index (χ1n) is 9.01. The van der Waals surface area contributed by atoms with Crippen molar-refractivity contribution in [3.63, 3.8) is 0 Å². The molecule has 0 aromatic carbocycles. The third-order valence-corrected chi connectivity index (χ3v) is 5.78. The zero-order valence-electron chi connectivity index (χ0n) is 15.2. The van der Waals surface area contributed by atoms with E-state index in [2.05, 4.69) is 40.0 Å². The average molecular weight is 372 g/mol. The molecule has 0 unspecified atom stereocenters. The smallest absolute Gasteiger partial charge is 0.177 e. The molecule has 1 saturated heterocycles. The number of hydrogen-bond acceptors (Lipinski definition) is 5. The monoisotopic (exact) mass is 372 g/mol. The molecular formula is C19H24N4O2S. The number of hydrogen-bond donors (Lipinski definition) is 1. The summed E-state index contributed by atoms with van der Waals surface area (Å²) in [5.41, 5.74) is 7.77. The Balaban J connectivity index is 1.45. The molecule has 138 valence electrons. The Morgan fingerprint density at radius 3 is 3.04 bits per heavy atom. The molecule has 1 fully saturated rings. The molecule has 2 aromatic rings. The van der Waals surface area contributed by atoms with E-state index in [0.717, 1.165) is 54.9 Å². The number of nitrogens with one attached hydrogen (secondary N) is 1. The number of nitrogens with zero attached hydrogens (tertiary/aromatic N) is 3. The van der Waals surface area contributed by atoms with Crippen LogP contribution in [0.4, 0.5) is 0 Å². The van der Waals surface area contributed by atoms with Crippen LogP contribution in [0.25, 0.3) is 0 Å². The van der Waals surface area contributed by atoms with Crippen LogP contribution in [0.15, 0.2) is 39.0 Å². The lowest BCUT2D eigenvalue weighted by atomic mass is 10.1. The highest BCUT2D eigenvalue weighted by molar-refractivity contribution is 8.14. The lowest BCUT2D eigenvalue weighted by Gasteiger charge is -2.16. The number of ether oxygens (including phenoxy) is 1. The maximum atomic E-state index is 5.62. The van der Waals surface area contributed by atoms with E-state index in [9.17, 15) is 0 Å². The van der Waals surface area contributed by atoms with Gasteiger partial charge in [0.15, 0.2) is 5.17 Å². The number of thioether (sulfide) groups is 1. The molecule has 4 rings (SSSR count). The van der Waals surface area contributed by atoms with Crippen LogP contribution in [0.5, 0.6) is 0 Å². The number of amidine groups is 1. The van der Waals surface area contributed by atoms with Crippen LogP contribution in [0.3, 0.4) is 0 Å². The van der Waals surface area contributed by atoms with Crippen LogP contribution in [0.2, 0.25) is 0 Å². The highest BCUT2D eigenvalue weighted by Crippen LogP contribution is 2.22. The van der Waals surface area contributed by atoms with Crippen molar-refractivity contribution < 1.29 is 9.15 Å². The van der Waals surface area contributed by atoms with Gasteiger partial charge in [0.05, 0.1) is 31.2 Å². The first kappa shape index (κ1) is 17.4. The molecule has 0 aliphatic carbocycles. The SMILES string of the molecule is Cc1cc(C2=NNC(=NC[C@H]3CCCO3)SC2)c(C)n1Cc1ccco1. The molecule has 0 spiro atoms. The fourth-order valence-electron chi connectivity index (χ4n) is 3.40. The van der Waals surface area contributed by atoms with E-state index in [-0.39, 0.29) is 6.10 Å². The molecule has 2 aliphatic heterocycles. The molecule has 2 aliphatic rings. The fourth-order valence-corrected chi connectivity index (χ4v) is 4.17. The van der Waals surface area contributed by atoms with Crippen LogP contribution < -0.4 is 5.43 Å². The largest absolute Gasteiger partial charge is 0.467 e. The minimum atomic E-state index is 0.274. The van der Waals surface area contributed by atoms with Crippen molar-refractivity contribution >= 4 is 22.6 Å². The van der Waals surface area contributed by atoms with Gasteiger partial charge in [0, 0.05) is 29.3 Å². The summed E-state index contributed by atoms with van der Waals surface area (Å²) in [6.07, 6.45) is 4.24. The first-order chi connectivity index (χ1) is 12.7. The van der Waals surface area contributed by atoms with E-state index in [1.807, 2.05) is 12.1 Å². The third kappa shape index (κ3) is 3.73. The van der Waals surface area contributed by atoms with E-state index in [1.54, 1.807) is 18.0 Å². The van der Waals surface area contributed by atoms with Gasteiger partial charge < -0.3 is 13.7 Å². The van der Waals surface area contributed by atoms with Crippen molar-refractivity contribution in [1.29, 1.82) is 0 Å². The maximum absolute atomic E-state index is 5.62. The number of aliphatic imine (C=N–C) groups is 1. The number of aryl methyl sites for hydroxylation is 1. The topological polar surface area (TPSA) is 64.1 Å². The Bertz CT molecular complexity index is 817. The van der Waals surface area contributed by atoms with Crippen molar-refractivity contribution in [3.05, 3.63) is 47.2 Å². The fraction of sp³-hybridized carbons (Fsp3) is 0.474. The van der Waals surface area contributed by atoms with E-state index in [0.29, 0.717) is 0 Å². The van der Waals surface area contributed by atoms with Gasteiger partial charge in [-0.2, -0.15) is 5.10 Å². The van der Waals surface area contributed by atoms with Crippen LogP contribution in [-0.2, 0) is 11.3 Å². The number of furan rings is 1. The van der Waals surface area contributed by atoms with E-state index in [4.69, 9.17) is 9.15 Å². The molecule has 4 heterocycles. The molecule has 0 saturated carbocycles. The van der Waals surface area contributed by atoms with Crippen LogP contribution in [-0.4, -0.2) is 40.5 Å². The minimum Gasteiger partial charge on any atom is -0.467 e. The summed E-state index contributed by atoms with van der Waals surface area (Å²) in [5, 5.41) is 5.46. The molecule has 6 nitrogen and oxygen atoms in total. The summed E-state index contributed by atoms with van der Waals surface area (Å²) in [4.78, 5) is 4.61. The van der Waals surface area contributed by atoms with Crippen molar-refractivity contribution in [1.82, 2.24) is 9.99 Å². The van der Waals surface area contributed by atoms with E-state index < -0.39 is 0 Å². The van der Waals surface area contributed by atoms with Gasteiger partial charge in [0.1, 0.15) is 5.76 Å². The summed E-state index contributed by atoms with van der Waals surface area (Å²) < 4.78 is 13.4. The number of hydrazone groups is 1. The van der Waals surface area contributed by atoms with Gasteiger partial charge in [-0.05, 0) is 44.9 Å². The number of rotatable bonds is 5. The van der Waals surface area contributed by atoms with Gasteiger partial charge in [-0.15, -0.1) is 0 Å². The lowest BCUT2D eigenvalue weighted by Crippen LogP contribution is -2.26. The molecule has 7 heteroatoms. The zero-order chi connectivity index (χ0) is 17.9. The van der Waals surface area contributed by atoms with Gasteiger partial charge in [0.25, 0.3) is 0 Å². The van der Waals surface area contributed by atoms with Crippen molar-refractivity contribution in [3.8, 4) is 0 Å². The molecule has 1 atom stereocenters. The highest BCUT2D eigenvalue weighted by Gasteiger charge is 2.20. The summed E-state index contributed by atoms with van der Waals surface area (Å²) in [6.45, 7) is 6.59.